The molecule has 1 fully saturated rings. The number of ether oxygens (including phenoxy) is 4. The number of sulfonamides is 1. The molecule has 1 saturated carbocycles. The van der Waals surface area contributed by atoms with Crippen LogP contribution in [0, 0.1) is 0 Å². The average Bonchev–Trinajstić information content (AvgIpc) is 3.10. The minimum Gasteiger partial charge on any atom is -0.497 e. The lowest BCUT2D eigenvalue weighted by molar-refractivity contribution is -0.140. The second kappa shape index (κ2) is 16.8. The number of carbonyl (C=O) groups is 2. The standard InChI is InChI=1S/C35H44ClN3O8S/c1-6-29(35(41)37-26-10-8-7-9-11-26)38(22-24-12-14-25(36)15-13-24)34(40)23-39(30-20-27(44-2)16-18-31(30)45-3)48(42,43)28-17-19-32(46-4)33(21-28)47-5/h12-21,26,29H,6-11,22-23H2,1-5H3,(H,37,41)/t29-/m1/s1. The van der Waals surface area contributed by atoms with Gasteiger partial charge in [0.25, 0.3) is 10.0 Å². The third kappa shape index (κ3) is 8.65. The van der Waals surface area contributed by atoms with Crippen LogP contribution in [-0.2, 0) is 26.2 Å². The van der Waals surface area contributed by atoms with E-state index in [2.05, 4.69) is 5.32 Å². The lowest BCUT2D eigenvalue weighted by Crippen LogP contribution is -2.54. The van der Waals surface area contributed by atoms with Crippen LogP contribution in [0.15, 0.2) is 65.6 Å². The summed E-state index contributed by atoms with van der Waals surface area (Å²) in [7, 11) is 1.25. The Morgan fingerprint density at radius 2 is 1.50 bits per heavy atom. The van der Waals surface area contributed by atoms with Crippen molar-refractivity contribution in [3.8, 4) is 23.0 Å². The molecule has 11 nitrogen and oxygen atoms in total. The molecule has 13 heteroatoms. The van der Waals surface area contributed by atoms with Crippen molar-refractivity contribution in [2.24, 2.45) is 0 Å². The highest BCUT2D eigenvalue weighted by Gasteiger charge is 2.36. The number of nitrogens with one attached hydrogen (secondary N) is 1. The Kier molecular flexibility index (Phi) is 12.8. The molecule has 0 bridgehead atoms. The van der Waals surface area contributed by atoms with Gasteiger partial charge in [0.2, 0.25) is 11.8 Å². The van der Waals surface area contributed by atoms with Crippen molar-refractivity contribution in [2.75, 3.05) is 39.3 Å². The van der Waals surface area contributed by atoms with Gasteiger partial charge in [-0.25, -0.2) is 8.42 Å². The minimum absolute atomic E-state index is 0.0238. The highest BCUT2D eigenvalue weighted by atomic mass is 35.5. The van der Waals surface area contributed by atoms with Crippen molar-refractivity contribution in [2.45, 2.75) is 69.0 Å². The Labute approximate surface area is 288 Å². The SMILES string of the molecule is CC[C@H](C(=O)NC1CCCCC1)N(Cc1ccc(Cl)cc1)C(=O)CN(c1cc(OC)ccc1OC)S(=O)(=O)c1ccc(OC)c(OC)c1. The monoisotopic (exact) mass is 701 g/mol. The van der Waals surface area contributed by atoms with Crippen molar-refractivity contribution in [1.29, 1.82) is 0 Å². The van der Waals surface area contributed by atoms with Crippen LogP contribution >= 0.6 is 11.6 Å². The van der Waals surface area contributed by atoms with Crippen molar-refractivity contribution in [3.05, 3.63) is 71.2 Å². The van der Waals surface area contributed by atoms with E-state index in [0.29, 0.717) is 22.9 Å². The molecule has 1 N–H and O–H groups in total. The van der Waals surface area contributed by atoms with Gasteiger partial charge in [-0.2, -0.15) is 0 Å². The number of rotatable bonds is 15. The molecule has 0 spiro atoms. The van der Waals surface area contributed by atoms with Gasteiger partial charge in [0.15, 0.2) is 11.5 Å². The van der Waals surface area contributed by atoms with Gasteiger partial charge in [-0.05, 0) is 61.2 Å². The van der Waals surface area contributed by atoms with Crippen LogP contribution in [-0.4, -0.2) is 72.2 Å². The van der Waals surface area contributed by atoms with Gasteiger partial charge in [0.05, 0.1) is 39.0 Å². The molecule has 260 valence electrons. The molecule has 1 aliphatic carbocycles. The summed E-state index contributed by atoms with van der Waals surface area (Å²) in [6, 6.07) is 15.0. The molecule has 0 aromatic heterocycles. The van der Waals surface area contributed by atoms with Crippen molar-refractivity contribution < 1.29 is 37.0 Å². The molecule has 48 heavy (non-hydrogen) atoms. The zero-order chi connectivity index (χ0) is 34.8. The number of anilines is 1. The molecule has 2 amide bonds. The van der Waals surface area contributed by atoms with Gasteiger partial charge in [0, 0.05) is 29.7 Å². The van der Waals surface area contributed by atoms with E-state index >= 15 is 0 Å². The van der Waals surface area contributed by atoms with Crippen LogP contribution in [0.3, 0.4) is 0 Å². The molecule has 3 aromatic rings. The fourth-order valence-electron chi connectivity index (χ4n) is 5.86. The van der Waals surface area contributed by atoms with Gasteiger partial charge in [0.1, 0.15) is 24.1 Å². The molecule has 1 aliphatic rings. The Morgan fingerprint density at radius 1 is 0.854 bits per heavy atom. The Hall–Kier alpha value is -4.16. The smallest absolute Gasteiger partial charge is 0.265 e. The quantitative estimate of drug-likeness (QED) is 0.210. The van der Waals surface area contributed by atoms with Gasteiger partial charge < -0.3 is 29.2 Å². The van der Waals surface area contributed by atoms with E-state index in [4.69, 9.17) is 30.5 Å². The average molecular weight is 702 g/mol. The van der Waals surface area contributed by atoms with Crippen LogP contribution in [0.25, 0.3) is 0 Å². The molecule has 0 unspecified atom stereocenters. The normalized spacial score (nSPS) is 14.0. The lowest BCUT2D eigenvalue weighted by atomic mass is 9.95. The summed E-state index contributed by atoms with van der Waals surface area (Å²) in [4.78, 5) is 29.6. The molecule has 0 heterocycles. The fourth-order valence-corrected chi connectivity index (χ4v) is 7.42. The first-order valence-corrected chi connectivity index (χ1v) is 17.7. The maximum Gasteiger partial charge on any atom is 0.265 e. The highest BCUT2D eigenvalue weighted by Crippen LogP contribution is 2.38. The van der Waals surface area contributed by atoms with E-state index in [0.717, 1.165) is 42.0 Å². The molecule has 0 saturated heterocycles. The summed E-state index contributed by atoms with van der Waals surface area (Å²) < 4.78 is 51.7. The van der Waals surface area contributed by atoms with Gasteiger partial charge in [-0.1, -0.05) is 49.9 Å². The summed E-state index contributed by atoms with van der Waals surface area (Å²) in [5.74, 6) is 0.199. The molecule has 0 aliphatic heterocycles. The molecule has 0 radical (unpaired) electrons. The van der Waals surface area contributed by atoms with Crippen molar-refractivity contribution >= 4 is 39.1 Å². The van der Waals surface area contributed by atoms with E-state index in [9.17, 15) is 18.0 Å². The first-order valence-electron chi connectivity index (χ1n) is 15.9. The minimum atomic E-state index is -4.45. The largest absolute Gasteiger partial charge is 0.497 e. The summed E-state index contributed by atoms with van der Waals surface area (Å²) in [6.45, 7) is 1.23. The Balaban J connectivity index is 1.81. The fraction of sp³-hybridized carbons (Fsp3) is 0.429. The van der Waals surface area contributed by atoms with Crippen LogP contribution in [0.4, 0.5) is 5.69 Å². The second-order valence-corrected chi connectivity index (χ2v) is 13.8. The summed E-state index contributed by atoms with van der Waals surface area (Å²) in [5, 5.41) is 3.67. The van der Waals surface area contributed by atoms with Crippen LogP contribution in [0.2, 0.25) is 5.02 Å². The number of hydrogen-bond donors (Lipinski definition) is 1. The lowest BCUT2D eigenvalue weighted by Gasteiger charge is -2.34. The van der Waals surface area contributed by atoms with Crippen molar-refractivity contribution in [3.63, 3.8) is 0 Å². The maximum absolute atomic E-state index is 14.5. The van der Waals surface area contributed by atoms with E-state index in [1.807, 2.05) is 6.92 Å². The number of amides is 2. The molecule has 1 atom stereocenters. The summed E-state index contributed by atoms with van der Waals surface area (Å²) >= 11 is 6.14. The molecular formula is C35H44ClN3O8S. The Morgan fingerprint density at radius 3 is 2.10 bits per heavy atom. The number of benzene rings is 3. The van der Waals surface area contributed by atoms with E-state index in [1.165, 1.54) is 57.6 Å². The predicted octanol–water partition coefficient (Wildman–Crippen LogP) is 5.83. The van der Waals surface area contributed by atoms with E-state index in [-0.39, 0.29) is 40.6 Å². The van der Waals surface area contributed by atoms with E-state index in [1.54, 1.807) is 36.4 Å². The maximum atomic E-state index is 14.5. The number of methoxy groups -OCH3 is 4. The number of nitrogens with zero attached hydrogens (tertiary/aromatic N) is 2. The van der Waals surface area contributed by atoms with Gasteiger partial charge in [-0.3, -0.25) is 13.9 Å². The zero-order valence-electron chi connectivity index (χ0n) is 28.0. The van der Waals surface area contributed by atoms with Crippen molar-refractivity contribution in [1.82, 2.24) is 10.2 Å². The summed E-state index contributed by atoms with van der Waals surface area (Å²) in [5.41, 5.74) is 0.802. The number of carbonyl (C=O) groups excluding carboxylic acids is 2. The second-order valence-electron chi connectivity index (χ2n) is 11.5. The molecule has 4 rings (SSSR count). The molecule has 3 aromatic carbocycles. The third-order valence-electron chi connectivity index (χ3n) is 8.48. The van der Waals surface area contributed by atoms with Crippen LogP contribution < -0.4 is 28.6 Å². The first kappa shape index (κ1) is 36.7. The van der Waals surface area contributed by atoms with Crippen LogP contribution in [0.5, 0.6) is 23.0 Å². The topological polar surface area (TPSA) is 124 Å². The van der Waals surface area contributed by atoms with Crippen LogP contribution in [0.1, 0.15) is 51.0 Å². The number of halogens is 1. The zero-order valence-corrected chi connectivity index (χ0v) is 29.6. The van der Waals surface area contributed by atoms with Gasteiger partial charge in [-0.15, -0.1) is 0 Å². The first-order chi connectivity index (χ1) is 23.1. The highest BCUT2D eigenvalue weighted by molar-refractivity contribution is 7.92. The predicted molar refractivity (Wildman–Crippen MR) is 185 cm³/mol. The summed E-state index contributed by atoms with van der Waals surface area (Å²) in [6.07, 6.45) is 5.24. The van der Waals surface area contributed by atoms with Gasteiger partial charge >= 0.3 is 0 Å². The molecular weight excluding hydrogens is 658 g/mol. The van der Waals surface area contributed by atoms with E-state index < -0.39 is 28.5 Å². The third-order valence-corrected chi connectivity index (χ3v) is 10.5. The number of hydrogen-bond acceptors (Lipinski definition) is 8. The Bertz CT molecular complexity index is 1660.